The highest BCUT2D eigenvalue weighted by molar-refractivity contribution is 7.98. The van der Waals surface area contributed by atoms with Gasteiger partial charge in [-0.3, -0.25) is 0 Å². The molecule has 6 rings (SSSR count). The summed E-state index contributed by atoms with van der Waals surface area (Å²) in [6, 6.07) is 20.3. The van der Waals surface area contributed by atoms with Crippen molar-refractivity contribution < 1.29 is 12.9 Å². The first-order valence-electron chi connectivity index (χ1n) is 14.1. The Balaban J connectivity index is 1.03. The molecule has 1 aliphatic heterocycles. The van der Waals surface area contributed by atoms with E-state index in [0.717, 1.165) is 61.7 Å². The van der Waals surface area contributed by atoms with Crippen molar-refractivity contribution in [3.63, 3.8) is 0 Å². The van der Waals surface area contributed by atoms with Gasteiger partial charge in [0, 0.05) is 33.8 Å². The molecule has 11 heteroatoms. The predicted octanol–water partition coefficient (Wildman–Crippen LogP) is 6.89. The van der Waals surface area contributed by atoms with Crippen molar-refractivity contribution in [2.75, 3.05) is 33.2 Å². The van der Waals surface area contributed by atoms with Gasteiger partial charge in [0.1, 0.15) is 27.1 Å². The van der Waals surface area contributed by atoms with Gasteiger partial charge in [-0.05, 0) is 26.0 Å². The van der Waals surface area contributed by atoms with Crippen LogP contribution in [-0.4, -0.2) is 65.4 Å². The largest absolute Gasteiger partial charge is 0.319 e. The van der Waals surface area contributed by atoms with Crippen LogP contribution < -0.4 is 0 Å². The van der Waals surface area contributed by atoms with Gasteiger partial charge in [0.15, 0.2) is 0 Å². The topological polar surface area (TPSA) is 76.1 Å². The molecule has 0 atom stereocenters. The highest BCUT2D eigenvalue weighted by Gasteiger charge is 2.36. The third-order valence-corrected chi connectivity index (χ3v) is 12.5. The van der Waals surface area contributed by atoms with E-state index in [0.29, 0.717) is 18.8 Å². The number of rotatable bonds is 9. The van der Waals surface area contributed by atoms with Crippen molar-refractivity contribution in [2.24, 2.45) is 0 Å². The van der Waals surface area contributed by atoms with Crippen molar-refractivity contribution in [3.8, 4) is 21.1 Å². The minimum atomic E-state index is -3.61. The number of aryl methyl sites for hydroxylation is 2. The molecular weight excluding hydrogens is 615 g/mol. The Hall–Kier alpha value is -2.93. The number of quaternary nitrogens is 1. The van der Waals surface area contributed by atoms with Crippen LogP contribution in [0.1, 0.15) is 22.5 Å². The maximum atomic E-state index is 13.4. The summed E-state index contributed by atoms with van der Waals surface area (Å²) in [7, 11) is -1.42. The first kappa shape index (κ1) is 30.1. The molecule has 1 aliphatic rings. The summed E-state index contributed by atoms with van der Waals surface area (Å²) in [4.78, 5) is 14.4. The van der Waals surface area contributed by atoms with Crippen molar-refractivity contribution in [2.45, 2.75) is 36.1 Å². The van der Waals surface area contributed by atoms with Crippen molar-refractivity contribution in [1.29, 1.82) is 0 Å². The smallest absolute Gasteiger partial charge is 0.245 e. The zero-order valence-corrected chi connectivity index (χ0v) is 27.7. The first-order valence-corrected chi connectivity index (χ1v) is 18.3. The normalized spacial score (nSPS) is 15.5. The molecule has 7 nitrogen and oxygen atoms in total. The van der Waals surface area contributed by atoms with Crippen LogP contribution >= 0.6 is 34.4 Å². The van der Waals surface area contributed by atoms with Crippen LogP contribution in [0.4, 0.5) is 0 Å². The average Bonchev–Trinajstić information content (AvgIpc) is 3.67. The van der Waals surface area contributed by atoms with E-state index in [1.807, 2.05) is 0 Å². The zero-order chi connectivity index (χ0) is 30.0. The number of benzene rings is 2. The summed E-state index contributed by atoms with van der Waals surface area (Å²) in [5.74, 6) is 0.676. The van der Waals surface area contributed by atoms with E-state index >= 15 is 0 Å². The van der Waals surface area contributed by atoms with Crippen molar-refractivity contribution in [3.05, 3.63) is 100 Å². The molecule has 0 bridgehead atoms. The van der Waals surface area contributed by atoms with Gasteiger partial charge in [0.25, 0.3) is 0 Å². The fourth-order valence-electron chi connectivity index (χ4n) is 5.03. The number of thioether (sulfide) groups is 1. The molecule has 1 fully saturated rings. The number of thiazole rings is 2. The second kappa shape index (κ2) is 12.6. The first-order chi connectivity index (χ1) is 20.7. The Kier molecular flexibility index (Phi) is 8.81. The highest BCUT2D eigenvalue weighted by atomic mass is 32.2. The van der Waals surface area contributed by atoms with Gasteiger partial charge in [0.2, 0.25) is 10.0 Å². The molecule has 43 heavy (non-hydrogen) atoms. The standard InChI is InChI=1S/C32H34N5O2S4/c1-23-4-8-25(9-5-23)31-34-27(20-41-31)19-37(3)16-14-36(15-17-37)43(38,39)29-12-13-30(33-18-29)40-21-28-22-42-32(35-28)26-10-6-24(2)7-11-26/h4-13,18,20,22H,14-17,19,21H2,1-3H3/q+1. The van der Waals surface area contributed by atoms with Gasteiger partial charge >= 0.3 is 0 Å². The second-order valence-electron chi connectivity index (χ2n) is 11.3. The van der Waals surface area contributed by atoms with Crippen LogP contribution in [0.2, 0.25) is 0 Å². The van der Waals surface area contributed by atoms with Crippen molar-refractivity contribution >= 4 is 44.5 Å². The van der Waals surface area contributed by atoms with E-state index in [2.05, 4.69) is 85.2 Å². The number of piperazine rings is 1. The maximum Gasteiger partial charge on any atom is 0.245 e. The van der Waals surface area contributed by atoms with E-state index in [9.17, 15) is 8.42 Å². The number of aromatic nitrogens is 3. The van der Waals surface area contributed by atoms with E-state index < -0.39 is 10.0 Å². The number of nitrogens with zero attached hydrogens (tertiary/aromatic N) is 5. The van der Waals surface area contributed by atoms with Crippen LogP contribution in [0.5, 0.6) is 0 Å². The molecule has 1 saturated heterocycles. The quantitative estimate of drug-likeness (QED) is 0.128. The van der Waals surface area contributed by atoms with Crippen LogP contribution in [0.15, 0.2) is 87.5 Å². The summed E-state index contributed by atoms with van der Waals surface area (Å²) >= 11 is 4.85. The lowest BCUT2D eigenvalue weighted by atomic mass is 10.2. The van der Waals surface area contributed by atoms with E-state index in [1.54, 1.807) is 50.9 Å². The molecule has 4 heterocycles. The summed E-state index contributed by atoms with van der Waals surface area (Å²) < 4.78 is 29.2. The summed E-state index contributed by atoms with van der Waals surface area (Å²) in [6.45, 7) is 7.35. The van der Waals surface area contributed by atoms with Crippen molar-refractivity contribution in [1.82, 2.24) is 19.3 Å². The highest BCUT2D eigenvalue weighted by Crippen LogP contribution is 2.29. The molecule has 0 saturated carbocycles. The number of pyridine rings is 1. The fraction of sp³-hybridized carbons (Fsp3) is 0.281. The molecule has 0 spiro atoms. The molecule has 0 amide bonds. The fourth-order valence-corrected chi connectivity index (χ4v) is 8.88. The van der Waals surface area contributed by atoms with E-state index in [4.69, 9.17) is 9.97 Å². The Morgan fingerprint density at radius 3 is 1.93 bits per heavy atom. The summed E-state index contributed by atoms with van der Waals surface area (Å²) in [5, 5.41) is 7.00. The molecule has 0 aliphatic carbocycles. The van der Waals surface area contributed by atoms with Gasteiger partial charge < -0.3 is 4.48 Å². The third kappa shape index (κ3) is 7.08. The molecule has 2 aromatic carbocycles. The summed E-state index contributed by atoms with van der Waals surface area (Å²) in [5.41, 5.74) is 6.76. The number of sulfonamides is 1. The minimum Gasteiger partial charge on any atom is -0.319 e. The molecule has 3 aromatic heterocycles. The molecule has 0 N–H and O–H groups in total. The molecule has 0 radical (unpaired) electrons. The third-order valence-electron chi connectivity index (χ3n) is 7.74. The second-order valence-corrected chi connectivity index (χ2v) is 15.9. The lowest BCUT2D eigenvalue weighted by Gasteiger charge is -2.41. The van der Waals surface area contributed by atoms with Crippen LogP contribution in [-0.2, 0) is 22.3 Å². The van der Waals surface area contributed by atoms with E-state index in [-0.39, 0.29) is 4.90 Å². The maximum absolute atomic E-state index is 13.4. The Morgan fingerprint density at radius 2 is 1.37 bits per heavy atom. The number of hydrogen-bond donors (Lipinski definition) is 0. The van der Waals surface area contributed by atoms with Crippen LogP contribution in [0, 0.1) is 13.8 Å². The number of likely N-dealkylation sites (N-methyl/N-ethyl adjacent to an activating group) is 1. The molecular formula is C32H34N5O2S4+. The van der Waals surface area contributed by atoms with Gasteiger partial charge in [-0.1, -0.05) is 59.7 Å². The Labute approximate surface area is 265 Å². The van der Waals surface area contributed by atoms with Crippen LogP contribution in [0.3, 0.4) is 0 Å². The zero-order valence-electron chi connectivity index (χ0n) is 24.4. The monoisotopic (exact) mass is 648 g/mol. The molecule has 5 aromatic rings. The van der Waals surface area contributed by atoms with Gasteiger partial charge in [-0.2, -0.15) is 4.31 Å². The SMILES string of the molecule is Cc1ccc(-c2nc(CSc3ccc(S(=O)(=O)N4CC[N+](C)(Cc5csc(-c6ccc(C)cc6)n5)CC4)cn3)cs2)cc1. The lowest BCUT2D eigenvalue weighted by Crippen LogP contribution is -2.57. The lowest BCUT2D eigenvalue weighted by molar-refractivity contribution is -0.926. The predicted molar refractivity (Wildman–Crippen MR) is 177 cm³/mol. The Bertz CT molecular complexity index is 1790. The number of hydrogen-bond acceptors (Lipinski definition) is 8. The average molecular weight is 649 g/mol. The van der Waals surface area contributed by atoms with Crippen LogP contribution in [0.25, 0.3) is 21.1 Å². The summed E-state index contributed by atoms with van der Waals surface area (Å²) in [6.07, 6.45) is 1.49. The van der Waals surface area contributed by atoms with Gasteiger partial charge in [0.05, 0.1) is 43.9 Å². The Morgan fingerprint density at radius 1 is 0.814 bits per heavy atom. The minimum absolute atomic E-state index is 0.241. The van der Waals surface area contributed by atoms with Gasteiger partial charge in [-0.25, -0.2) is 23.4 Å². The molecule has 222 valence electrons. The van der Waals surface area contributed by atoms with Gasteiger partial charge in [-0.15, -0.1) is 34.4 Å². The molecule has 0 unspecified atom stereocenters. The van der Waals surface area contributed by atoms with E-state index in [1.165, 1.54) is 17.3 Å².